The van der Waals surface area contributed by atoms with E-state index >= 15 is 0 Å². The summed E-state index contributed by atoms with van der Waals surface area (Å²) in [5, 5.41) is 0. The monoisotopic (exact) mass is 146 g/mol. The Labute approximate surface area is 67.5 Å². The molecule has 1 rings (SSSR count). The number of amidine groups is 1. The van der Waals surface area contributed by atoms with Crippen LogP contribution in [0, 0.1) is 0 Å². The number of nitrogens with zero attached hydrogens (tertiary/aromatic N) is 1. The number of hydrogen-bond acceptors (Lipinski definition) is 1. The van der Waals surface area contributed by atoms with Crippen molar-refractivity contribution in [2.75, 3.05) is 7.05 Å². The standard InChI is InChI=1S/C8H11BN2/c1-11-8(10)6-3-2-4-7(9)5-6/h2-5H,9H2,1H3,(H2,10,11). The van der Waals surface area contributed by atoms with E-state index in [4.69, 9.17) is 5.73 Å². The Hall–Kier alpha value is -1.25. The Bertz CT molecular complexity index is 281. The van der Waals surface area contributed by atoms with Crippen molar-refractivity contribution in [1.82, 2.24) is 0 Å². The number of hydrogen-bond donors (Lipinski definition) is 1. The minimum absolute atomic E-state index is 0.591. The highest BCUT2D eigenvalue weighted by Gasteiger charge is 1.94. The molecule has 0 saturated heterocycles. The summed E-state index contributed by atoms with van der Waals surface area (Å²) in [5.74, 6) is 0.591. The first-order chi connectivity index (χ1) is 5.24. The van der Waals surface area contributed by atoms with Crippen LogP contribution >= 0.6 is 0 Å². The summed E-state index contributed by atoms with van der Waals surface area (Å²) in [6, 6.07) is 7.98. The Morgan fingerprint density at radius 2 is 2.27 bits per heavy atom. The van der Waals surface area contributed by atoms with Crippen molar-refractivity contribution in [2.24, 2.45) is 10.7 Å². The molecular formula is C8H11BN2. The van der Waals surface area contributed by atoms with Gasteiger partial charge in [-0.05, 0) is 0 Å². The molecule has 0 unspecified atom stereocenters. The van der Waals surface area contributed by atoms with Gasteiger partial charge in [-0.15, -0.1) is 0 Å². The maximum atomic E-state index is 5.61. The molecule has 0 saturated carbocycles. The van der Waals surface area contributed by atoms with Crippen LogP contribution in [0.1, 0.15) is 5.56 Å². The number of benzene rings is 1. The van der Waals surface area contributed by atoms with Crippen molar-refractivity contribution in [3.05, 3.63) is 29.8 Å². The SMILES string of the molecule is Bc1cccc(/C(N)=N/C)c1. The molecule has 0 amide bonds. The van der Waals surface area contributed by atoms with Crippen LogP contribution < -0.4 is 11.2 Å². The Balaban J connectivity index is 3.06. The molecule has 1 aromatic rings. The molecule has 0 spiro atoms. The summed E-state index contributed by atoms with van der Waals surface area (Å²) in [6.07, 6.45) is 0. The van der Waals surface area contributed by atoms with Crippen molar-refractivity contribution in [1.29, 1.82) is 0 Å². The molecule has 1 aromatic carbocycles. The smallest absolute Gasteiger partial charge is 0.139 e. The van der Waals surface area contributed by atoms with Crippen molar-refractivity contribution < 1.29 is 0 Å². The second-order valence-corrected chi connectivity index (χ2v) is 2.48. The molecule has 0 aromatic heterocycles. The number of nitrogens with two attached hydrogens (primary N) is 1. The first kappa shape index (κ1) is 7.86. The molecular weight excluding hydrogens is 135 g/mol. The third kappa shape index (κ3) is 1.83. The van der Waals surface area contributed by atoms with Gasteiger partial charge >= 0.3 is 0 Å². The summed E-state index contributed by atoms with van der Waals surface area (Å²) >= 11 is 0. The average Bonchev–Trinajstić information content (AvgIpc) is 2.03. The quantitative estimate of drug-likeness (QED) is 0.317. The van der Waals surface area contributed by atoms with E-state index in [0.29, 0.717) is 5.84 Å². The van der Waals surface area contributed by atoms with E-state index in [1.165, 1.54) is 5.46 Å². The molecule has 0 heterocycles. The van der Waals surface area contributed by atoms with Crippen LogP contribution in [0.25, 0.3) is 0 Å². The van der Waals surface area contributed by atoms with Gasteiger partial charge in [-0.2, -0.15) is 0 Å². The van der Waals surface area contributed by atoms with Crippen molar-refractivity contribution in [2.45, 2.75) is 0 Å². The molecule has 0 fully saturated rings. The summed E-state index contributed by atoms with van der Waals surface area (Å²) in [6.45, 7) is 0. The summed E-state index contributed by atoms with van der Waals surface area (Å²) in [7, 11) is 3.73. The van der Waals surface area contributed by atoms with Crippen LogP contribution in [0.3, 0.4) is 0 Å². The van der Waals surface area contributed by atoms with Crippen LogP contribution in [0.4, 0.5) is 0 Å². The first-order valence-electron chi connectivity index (χ1n) is 3.53. The van der Waals surface area contributed by atoms with Gasteiger partial charge in [0.2, 0.25) is 0 Å². The summed E-state index contributed by atoms with van der Waals surface area (Å²) in [4.78, 5) is 3.89. The van der Waals surface area contributed by atoms with Crippen LogP contribution in [0.15, 0.2) is 29.3 Å². The lowest BCUT2D eigenvalue weighted by atomic mass is 9.94. The van der Waals surface area contributed by atoms with Gasteiger partial charge in [0.15, 0.2) is 0 Å². The van der Waals surface area contributed by atoms with E-state index < -0.39 is 0 Å². The fraction of sp³-hybridized carbons (Fsp3) is 0.125. The van der Waals surface area contributed by atoms with E-state index in [2.05, 4.69) is 4.99 Å². The molecule has 0 aliphatic heterocycles. The molecule has 2 N–H and O–H groups in total. The fourth-order valence-corrected chi connectivity index (χ4v) is 0.933. The Kier molecular flexibility index (Phi) is 2.31. The predicted octanol–water partition coefficient (Wildman–Crippen LogP) is -0.720. The average molecular weight is 146 g/mol. The minimum Gasteiger partial charge on any atom is -0.384 e. The highest BCUT2D eigenvalue weighted by molar-refractivity contribution is 6.32. The maximum Gasteiger partial charge on any atom is 0.139 e. The lowest BCUT2D eigenvalue weighted by Crippen LogP contribution is -2.15. The van der Waals surface area contributed by atoms with Gasteiger partial charge in [0.25, 0.3) is 0 Å². The van der Waals surface area contributed by atoms with Crippen molar-refractivity contribution in [3.63, 3.8) is 0 Å². The van der Waals surface area contributed by atoms with Crippen molar-refractivity contribution in [3.8, 4) is 0 Å². The highest BCUT2D eigenvalue weighted by atomic mass is 14.8. The van der Waals surface area contributed by atoms with Gasteiger partial charge in [-0.25, -0.2) is 0 Å². The molecule has 0 bridgehead atoms. The summed E-state index contributed by atoms with van der Waals surface area (Å²) < 4.78 is 0. The van der Waals surface area contributed by atoms with Gasteiger partial charge in [0, 0.05) is 12.6 Å². The van der Waals surface area contributed by atoms with E-state index in [-0.39, 0.29) is 0 Å². The maximum absolute atomic E-state index is 5.61. The number of aliphatic imine (C=N–C) groups is 1. The largest absolute Gasteiger partial charge is 0.384 e. The van der Waals surface area contributed by atoms with Gasteiger partial charge < -0.3 is 5.73 Å². The van der Waals surface area contributed by atoms with Gasteiger partial charge in [-0.3, -0.25) is 4.99 Å². The van der Waals surface area contributed by atoms with E-state index in [1.54, 1.807) is 7.05 Å². The fourth-order valence-electron chi connectivity index (χ4n) is 0.933. The van der Waals surface area contributed by atoms with Crippen LogP contribution in [0.5, 0.6) is 0 Å². The van der Waals surface area contributed by atoms with Gasteiger partial charge in [0.05, 0.1) is 0 Å². The molecule has 0 radical (unpaired) electrons. The highest BCUT2D eigenvalue weighted by Crippen LogP contribution is 1.94. The molecule has 0 aliphatic carbocycles. The van der Waals surface area contributed by atoms with Gasteiger partial charge in [-0.1, -0.05) is 29.7 Å². The van der Waals surface area contributed by atoms with E-state index in [1.807, 2.05) is 32.1 Å². The van der Waals surface area contributed by atoms with Crippen LogP contribution in [-0.4, -0.2) is 20.7 Å². The zero-order chi connectivity index (χ0) is 8.27. The van der Waals surface area contributed by atoms with Crippen LogP contribution in [-0.2, 0) is 0 Å². The third-order valence-electron chi connectivity index (χ3n) is 1.55. The van der Waals surface area contributed by atoms with E-state index in [9.17, 15) is 0 Å². The molecule has 11 heavy (non-hydrogen) atoms. The zero-order valence-electron chi connectivity index (χ0n) is 6.83. The zero-order valence-corrected chi connectivity index (χ0v) is 6.83. The topological polar surface area (TPSA) is 38.4 Å². The second kappa shape index (κ2) is 3.24. The summed E-state index contributed by atoms with van der Waals surface area (Å²) in [5.41, 5.74) is 7.81. The Morgan fingerprint density at radius 3 is 2.82 bits per heavy atom. The molecule has 2 nitrogen and oxygen atoms in total. The second-order valence-electron chi connectivity index (χ2n) is 2.48. The predicted molar refractivity (Wildman–Crippen MR) is 51.3 cm³/mol. The Morgan fingerprint density at radius 1 is 1.55 bits per heavy atom. The third-order valence-corrected chi connectivity index (χ3v) is 1.55. The van der Waals surface area contributed by atoms with Crippen molar-refractivity contribution >= 4 is 19.1 Å². The molecule has 0 aliphatic rings. The molecule has 3 heteroatoms. The molecule has 56 valence electrons. The minimum atomic E-state index is 0.591. The van der Waals surface area contributed by atoms with E-state index in [0.717, 1.165) is 5.56 Å². The normalized spacial score (nSPS) is 11.5. The lowest BCUT2D eigenvalue weighted by Gasteiger charge is -1.99. The number of rotatable bonds is 1. The lowest BCUT2D eigenvalue weighted by molar-refractivity contribution is 1.39. The van der Waals surface area contributed by atoms with Crippen LogP contribution in [0.2, 0.25) is 0 Å². The first-order valence-corrected chi connectivity index (χ1v) is 3.53. The molecule has 0 atom stereocenters. The van der Waals surface area contributed by atoms with Gasteiger partial charge in [0.1, 0.15) is 13.7 Å².